The lowest BCUT2D eigenvalue weighted by Gasteiger charge is -2.46. The molecule has 2 saturated carbocycles. The van der Waals surface area contributed by atoms with Crippen molar-refractivity contribution in [2.24, 2.45) is 35.1 Å². The number of hydrogen-bond acceptors (Lipinski definition) is 2. The van der Waals surface area contributed by atoms with Crippen LogP contribution in [0.15, 0.2) is 0 Å². The Bertz CT molecular complexity index is 225. The zero-order chi connectivity index (χ0) is 12.5. The molecule has 0 aromatic rings. The van der Waals surface area contributed by atoms with Crippen molar-refractivity contribution in [1.82, 2.24) is 0 Å². The maximum absolute atomic E-state index is 6.57. The molecule has 0 bridgehead atoms. The first kappa shape index (κ1) is 13.4. The van der Waals surface area contributed by atoms with Gasteiger partial charge in [0.2, 0.25) is 0 Å². The average molecular weight is 238 g/mol. The van der Waals surface area contributed by atoms with Crippen molar-refractivity contribution in [1.29, 1.82) is 0 Å². The van der Waals surface area contributed by atoms with Crippen LogP contribution in [0.1, 0.15) is 65.2 Å². The minimum absolute atomic E-state index is 0.399. The molecule has 100 valence electrons. The fraction of sp³-hybridized carbons (Fsp3) is 1.00. The minimum atomic E-state index is -0.399. The predicted molar refractivity (Wildman–Crippen MR) is 73.3 cm³/mol. The number of nitrogens with two attached hydrogens (primary N) is 2. The molecule has 0 aromatic carbocycles. The molecule has 2 aliphatic carbocycles. The summed E-state index contributed by atoms with van der Waals surface area (Å²) >= 11 is 0. The van der Waals surface area contributed by atoms with Crippen LogP contribution < -0.4 is 11.5 Å². The van der Waals surface area contributed by atoms with E-state index in [0.717, 1.165) is 11.8 Å². The molecule has 4 N–H and O–H groups in total. The van der Waals surface area contributed by atoms with Crippen molar-refractivity contribution in [3.05, 3.63) is 0 Å². The second-order valence-electron chi connectivity index (χ2n) is 6.94. The van der Waals surface area contributed by atoms with Gasteiger partial charge in [0.1, 0.15) is 0 Å². The summed E-state index contributed by atoms with van der Waals surface area (Å²) in [7, 11) is 0. The maximum atomic E-state index is 6.57. The van der Waals surface area contributed by atoms with E-state index in [1.807, 2.05) is 0 Å². The molecule has 2 nitrogen and oxygen atoms in total. The van der Waals surface area contributed by atoms with Crippen LogP contribution in [0.25, 0.3) is 0 Å². The van der Waals surface area contributed by atoms with Gasteiger partial charge < -0.3 is 11.5 Å². The van der Waals surface area contributed by atoms with E-state index in [-0.39, 0.29) is 0 Å². The Morgan fingerprint density at radius 2 is 1.18 bits per heavy atom. The third kappa shape index (κ3) is 3.03. The standard InChI is InChI=1S/C15H30N2/c1-11-5-3-7-13(9-11)15(16,17)14-8-4-6-12(2)10-14/h11-14H,3-10,16-17H2,1-2H3. The van der Waals surface area contributed by atoms with Gasteiger partial charge in [-0.3, -0.25) is 0 Å². The van der Waals surface area contributed by atoms with Crippen molar-refractivity contribution in [2.75, 3.05) is 0 Å². The van der Waals surface area contributed by atoms with Crippen LogP contribution in [0.4, 0.5) is 0 Å². The molecule has 0 spiro atoms. The first-order valence-corrected chi connectivity index (χ1v) is 7.58. The van der Waals surface area contributed by atoms with Crippen LogP contribution in [0, 0.1) is 23.7 Å². The Morgan fingerprint density at radius 1 is 0.765 bits per heavy atom. The van der Waals surface area contributed by atoms with Gasteiger partial charge in [-0.2, -0.15) is 0 Å². The molecule has 2 fully saturated rings. The van der Waals surface area contributed by atoms with Crippen LogP contribution in [-0.4, -0.2) is 5.66 Å². The van der Waals surface area contributed by atoms with Gasteiger partial charge in [-0.25, -0.2) is 0 Å². The summed E-state index contributed by atoms with van der Waals surface area (Å²) in [6, 6.07) is 0. The maximum Gasteiger partial charge on any atom is 0.0694 e. The van der Waals surface area contributed by atoms with E-state index >= 15 is 0 Å². The molecular formula is C15H30N2. The minimum Gasteiger partial charge on any atom is -0.313 e. The highest BCUT2D eigenvalue weighted by Crippen LogP contribution is 2.41. The van der Waals surface area contributed by atoms with Crippen LogP contribution in [0.5, 0.6) is 0 Å². The molecule has 0 saturated heterocycles. The van der Waals surface area contributed by atoms with Crippen LogP contribution >= 0.6 is 0 Å². The Kier molecular flexibility index (Phi) is 4.14. The highest BCUT2D eigenvalue weighted by Gasteiger charge is 2.41. The largest absolute Gasteiger partial charge is 0.313 e. The van der Waals surface area contributed by atoms with E-state index in [1.165, 1.54) is 51.4 Å². The zero-order valence-corrected chi connectivity index (χ0v) is 11.6. The molecule has 17 heavy (non-hydrogen) atoms. The van der Waals surface area contributed by atoms with Crippen LogP contribution in [0.3, 0.4) is 0 Å². The van der Waals surface area contributed by atoms with Gasteiger partial charge in [0.15, 0.2) is 0 Å². The zero-order valence-electron chi connectivity index (χ0n) is 11.6. The van der Waals surface area contributed by atoms with Gasteiger partial charge in [0.25, 0.3) is 0 Å². The Hall–Kier alpha value is -0.0800. The molecule has 4 atom stereocenters. The Morgan fingerprint density at radius 3 is 1.53 bits per heavy atom. The van der Waals surface area contributed by atoms with Crippen molar-refractivity contribution in [3.63, 3.8) is 0 Å². The summed E-state index contributed by atoms with van der Waals surface area (Å²) < 4.78 is 0. The van der Waals surface area contributed by atoms with Gasteiger partial charge in [-0.1, -0.05) is 39.5 Å². The highest BCUT2D eigenvalue weighted by atomic mass is 15.0. The van der Waals surface area contributed by atoms with Crippen LogP contribution in [-0.2, 0) is 0 Å². The van der Waals surface area contributed by atoms with Gasteiger partial charge in [0, 0.05) is 0 Å². The molecule has 0 radical (unpaired) electrons. The lowest BCUT2D eigenvalue weighted by Crippen LogP contribution is -2.62. The third-order valence-corrected chi connectivity index (χ3v) is 5.29. The first-order chi connectivity index (χ1) is 8.00. The molecule has 2 heteroatoms. The lowest BCUT2D eigenvalue weighted by atomic mass is 9.66. The fourth-order valence-electron chi connectivity index (χ4n) is 4.11. The summed E-state index contributed by atoms with van der Waals surface area (Å²) in [6.07, 6.45) is 10.4. The number of rotatable bonds is 2. The highest BCUT2D eigenvalue weighted by molar-refractivity contribution is 4.95. The Balaban J connectivity index is 2.00. The first-order valence-electron chi connectivity index (χ1n) is 7.58. The SMILES string of the molecule is CC1CCCC(C(N)(N)C2CCCC(C)C2)C1. The lowest BCUT2D eigenvalue weighted by molar-refractivity contribution is 0.0815. The average Bonchev–Trinajstić information content (AvgIpc) is 2.29. The summed E-state index contributed by atoms with van der Waals surface area (Å²) in [4.78, 5) is 0. The molecule has 0 aromatic heterocycles. The van der Waals surface area contributed by atoms with E-state index in [2.05, 4.69) is 13.8 Å². The Labute approximate surface area is 107 Å². The van der Waals surface area contributed by atoms with E-state index in [0.29, 0.717) is 11.8 Å². The second-order valence-corrected chi connectivity index (χ2v) is 6.94. The molecule has 2 aliphatic rings. The summed E-state index contributed by atoms with van der Waals surface area (Å²) in [5.41, 5.74) is 12.7. The van der Waals surface area contributed by atoms with Crippen molar-refractivity contribution < 1.29 is 0 Å². The van der Waals surface area contributed by atoms with Gasteiger partial charge in [-0.05, 0) is 49.4 Å². The molecule has 0 heterocycles. The normalized spacial score (nSPS) is 40.2. The van der Waals surface area contributed by atoms with Gasteiger partial charge in [0.05, 0.1) is 5.66 Å². The van der Waals surface area contributed by atoms with Crippen molar-refractivity contribution >= 4 is 0 Å². The smallest absolute Gasteiger partial charge is 0.0694 e. The number of hydrogen-bond donors (Lipinski definition) is 2. The molecule has 4 unspecified atom stereocenters. The predicted octanol–water partition coefficient (Wildman–Crippen LogP) is 3.25. The van der Waals surface area contributed by atoms with E-state index in [4.69, 9.17) is 11.5 Å². The van der Waals surface area contributed by atoms with E-state index in [9.17, 15) is 0 Å². The second kappa shape index (κ2) is 5.27. The monoisotopic (exact) mass is 238 g/mol. The van der Waals surface area contributed by atoms with Crippen molar-refractivity contribution in [2.45, 2.75) is 70.9 Å². The molecular weight excluding hydrogens is 208 g/mol. The molecule has 0 amide bonds. The molecule has 0 aliphatic heterocycles. The van der Waals surface area contributed by atoms with Crippen LogP contribution in [0.2, 0.25) is 0 Å². The third-order valence-electron chi connectivity index (χ3n) is 5.29. The molecule has 2 rings (SSSR count). The summed E-state index contributed by atoms with van der Waals surface area (Å²) in [5.74, 6) is 2.76. The fourth-order valence-corrected chi connectivity index (χ4v) is 4.11. The van der Waals surface area contributed by atoms with Crippen molar-refractivity contribution in [3.8, 4) is 0 Å². The summed E-state index contributed by atoms with van der Waals surface area (Å²) in [6.45, 7) is 4.71. The van der Waals surface area contributed by atoms with E-state index in [1.54, 1.807) is 0 Å². The van der Waals surface area contributed by atoms with Gasteiger partial charge in [-0.15, -0.1) is 0 Å². The van der Waals surface area contributed by atoms with Gasteiger partial charge >= 0.3 is 0 Å². The van der Waals surface area contributed by atoms with E-state index < -0.39 is 5.66 Å². The topological polar surface area (TPSA) is 52.0 Å². The summed E-state index contributed by atoms with van der Waals surface area (Å²) in [5, 5.41) is 0. The quantitative estimate of drug-likeness (QED) is 0.726.